The van der Waals surface area contributed by atoms with E-state index in [9.17, 15) is 9.59 Å². The number of carbonyl (C=O) groups is 2. The van der Waals surface area contributed by atoms with E-state index in [2.05, 4.69) is 31.4 Å². The zero-order chi connectivity index (χ0) is 14.5. The van der Waals surface area contributed by atoms with Gasteiger partial charge in [-0.05, 0) is 33.6 Å². The average molecular weight is 269 g/mol. The minimum atomic E-state index is 0.0131. The topological polar surface area (TPSA) is 61.4 Å². The highest BCUT2D eigenvalue weighted by molar-refractivity contribution is 5.76. The van der Waals surface area contributed by atoms with Crippen molar-refractivity contribution < 1.29 is 9.59 Å². The van der Waals surface area contributed by atoms with Gasteiger partial charge in [-0.3, -0.25) is 9.59 Å². The first kappa shape index (κ1) is 16.0. The summed E-state index contributed by atoms with van der Waals surface area (Å²) in [5.41, 5.74) is 0.0542. The van der Waals surface area contributed by atoms with E-state index in [0.29, 0.717) is 13.0 Å². The highest BCUT2D eigenvalue weighted by atomic mass is 16.2. The summed E-state index contributed by atoms with van der Waals surface area (Å²) in [4.78, 5) is 24.9. The second kappa shape index (κ2) is 6.89. The molecule has 1 fully saturated rings. The van der Waals surface area contributed by atoms with Crippen LogP contribution in [0.4, 0.5) is 0 Å². The number of nitrogens with zero attached hydrogens (tertiary/aromatic N) is 1. The van der Waals surface area contributed by atoms with Gasteiger partial charge in [-0.25, -0.2) is 0 Å². The first-order valence-corrected chi connectivity index (χ1v) is 7.08. The van der Waals surface area contributed by atoms with E-state index < -0.39 is 0 Å². The van der Waals surface area contributed by atoms with E-state index in [-0.39, 0.29) is 23.4 Å². The van der Waals surface area contributed by atoms with Crippen molar-refractivity contribution in [3.63, 3.8) is 0 Å². The van der Waals surface area contributed by atoms with E-state index >= 15 is 0 Å². The van der Waals surface area contributed by atoms with Crippen molar-refractivity contribution in [3.8, 4) is 0 Å². The van der Waals surface area contributed by atoms with Crippen LogP contribution >= 0.6 is 0 Å². The normalized spacial score (nSPS) is 17.4. The lowest BCUT2D eigenvalue weighted by Crippen LogP contribution is -2.47. The Balaban J connectivity index is 2.23. The Morgan fingerprint density at radius 2 is 1.79 bits per heavy atom. The van der Waals surface area contributed by atoms with Crippen LogP contribution in [0, 0.1) is 0 Å². The number of hydrogen-bond acceptors (Lipinski definition) is 3. The van der Waals surface area contributed by atoms with Crippen molar-refractivity contribution in [2.24, 2.45) is 0 Å². The molecule has 0 radical (unpaired) electrons. The van der Waals surface area contributed by atoms with Crippen LogP contribution in [0.3, 0.4) is 0 Å². The van der Waals surface area contributed by atoms with Crippen LogP contribution in [0.15, 0.2) is 0 Å². The van der Waals surface area contributed by atoms with Crippen LogP contribution in [-0.4, -0.2) is 47.9 Å². The Morgan fingerprint density at radius 1 is 1.21 bits per heavy atom. The molecule has 5 nitrogen and oxygen atoms in total. The Hall–Kier alpha value is -1.10. The molecule has 0 aromatic rings. The van der Waals surface area contributed by atoms with Gasteiger partial charge in [0.1, 0.15) is 0 Å². The molecule has 0 aliphatic carbocycles. The lowest BCUT2D eigenvalue weighted by atomic mass is 10.0. The number of amides is 2. The third kappa shape index (κ3) is 6.57. The average Bonchev–Trinajstić information content (AvgIpc) is 2.27. The van der Waals surface area contributed by atoms with E-state index in [4.69, 9.17) is 0 Å². The lowest BCUT2D eigenvalue weighted by molar-refractivity contribution is -0.132. The Labute approximate surface area is 116 Å². The molecule has 0 unspecified atom stereocenters. The molecule has 0 aromatic carbocycles. The smallest absolute Gasteiger partial charge is 0.223 e. The lowest BCUT2D eigenvalue weighted by Gasteiger charge is -2.32. The first-order valence-electron chi connectivity index (χ1n) is 7.08. The Morgan fingerprint density at radius 3 is 2.26 bits per heavy atom. The van der Waals surface area contributed by atoms with Crippen molar-refractivity contribution in [2.75, 3.05) is 19.6 Å². The van der Waals surface area contributed by atoms with Crippen molar-refractivity contribution in [2.45, 2.75) is 58.5 Å². The van der Waals surface area contributed by atoms with Gasteiger partial charge in [0.2, 0.25) is 11.8 Å². The number of nitrogens with one attached hydrogen (secondary N) is 2. The molecule has 2 N–H and O–H groups in total. The minimum absolute atomic E-state index is 0.0131. The maximum atomic E-state index is 12.0. The van der Waals surface area contributed by atoms with Crippen LogP contribution in [0.5, 0.6) is 0 Å². The van der Waals surface area contributed by atoms with Gasteiger partial charge in [-0.2, -0.15) is 0 Å². The maximum Gasteiger partial charge on any atom is 0.223 e. The van der Waals surface area contributed by atoms with Gasteiger partial charge in [0.15, 0.2) is 0 Å². The summed E-state index contributed by atoms with van der Waals surface area (Å²) in [7, 11) is 0. The molecule has 1 aliphatic rings. The van der Waals surface area contributed by atoms with Gasteiger partial charge in [0, 0.05) is 44.6 Å². The molecular weight excluding hydrogens is 242 g/mol. The molecular formula is C14H27N3O2. The second-order valence-electron chi connectivity index (χ2n) is 6.28. The third-order valence-corrected chi connectivity index (χ3v) is 3.25. The molecule has 2 amide bonds. The summed E-state index contributed by atoms with van der Waals surface area (Å²) in [5.74, 6) is 0.220. The second-order valence-corrected chi connectivity index (χ2v) is 6.28. The summed E-state index contributed by atoms with van der Waals surface area (Å²) in [6.07, 6.45) is 2.26. The van der Waals surface area contributed by atoms with Gasteiger partial charge in [0.25, 0.3) is 0 Å². The largest absolute Gasteiger partial charge is 0.353 e. The van der Waals surface area contributed by atoms with Gasteiger partial charge in [-0.1, -0.05) is 0 Å². The van der Waals surface area contributed by atoms with Gasteiger partial charge < -0.3 is 15.5 Å². The zero-order valence-corrected chi connectivity index (χ0v) is 12.6. The van der Waals surface area contributed by atoms with Crippen molar-refractivity contribution in [3.05, 3.63) is 0 Å². The van der Waals surface area contributed by atoms with Crippen LogP contribution in [0.25, 0.3) is 0 Å². The van der Waals surface area contributed by atoms with Crippen LogP contribution in [0.1, 0.15) is 47.0 Å². The van der Waals surface area contributed by atoms with E-state index in [1.165, 1.54) is 6.92 Å². The fraction of sp³-hybridized carbons (Fsp3) is 0.857. The highest BCUT2D eigenvalue weighted by Gasteiger charge is 2.23. The van der Waals surface area contributed by atoms with E-state index in [1.54, 1.807) is 0 Å². The molecule has 1 heterocycles. The predicted octanol–water partition coefficient (Wildman–Crippen LogP) is 0.892. The van der Waals surface area contributed by atoms with Crippen molar-refractivity contribution in [1.29, 1.82) is 0 Å². The van der Waals surface area contributed by atoms with Crippen LogP contribution < -0.4 is 10.6 Å². The third-order valence-electron chi connectivity index (χ3n) is 3.25. The number of rotatable bonds is 4. The molecule has 0 spiro atoms. The quantitative estimate of drug-likeness (QED) is 0.797. The minimum Gasteiger partial charge on any atom is -0.353 e. The maximum absolute atomic E-state index is 12.0. The first-order chi connectivity index (χ1) is 8.78. The van der Waals surface area contributed by atoms with E-state index in [0.717, 1.165) is 25.9 Å². The van der Waals surface area contributed by atoms with Crippen molar-refractivity contribution in [1.82, 2.24) is 15.5 Å². The molecule has 1 saturated heterocycles. The zero-order valence-electron chi connectivity index (χ0n) is 12.6. The number of likely N-dealkylation sites (tertiary alicyclic amines) is 1. The summed E-state index contributed by atoms with van der Waals surface area (Å²) < 4.78 is 0. The summed E-state index contributed by atoms with van der Waals surface area (Å²) in [6, 6.07) is 0.231. The monoisotopic (exact) mass is 269 g/mol. The SMILES string of the molecule is CC(=O)NC1CCN(C(=O)CCNC(C)(C)C)CC1. The standard InChI is InChI=1S/C14H27N3O2/c1-11(18)16-12-6-9-17(10-7-12)13(19)5-8-15-14(2,3)4/h12,15H,5-10H2,1-4H3,(H,16,18). The molecule has 0 aromatic heterocycles. The summed E-state index contributed by atoms with van der Waals surface area (Å²) >= 11 is 0. The van der Waals surface area contributed by atoms with Crippen molar-refractivity contribution >= 4 is 11.8 Å². The van der Waals surface area contributed by atoms with Crippen LogP contribution in [0.2, 0.25) is 0 Å². The van der Waals surface area contributed by atoms with Gasteiger partial charge >= 0.3 is 0 Å². The molecule has 19 heavy (non-hydrogen) atoms. The number of carbonyl (C=O) groups excluding carboxylic acids is 2. The fourth-order valence-electron chi connectivity index (χ4n) is 2.26. The molecule has 1 rings (SSSR count). The van der Waals surface area contributed by atoms with Gasteiger partial charge in [-0.15, -0.1) is 0 Å². The summed E-state index contributed by atoms with van der Waals surface area (Å²) in [5, 5.41) is 6.24. The molecule has 110 valence electrons. The van der Waals surface area contributed by atoms with E-state index in [1.807, 2.05) is 4.90 Å². The fourth-order valence-corrected chi connectivity index (χ4v) is 2.26. The molecule has 1 aliphatic heterocycles. The predicted molar refractivity (Wildman–Crippen MR) is 75.8 cm³/mol. The highest BCUT2D eigenvalue weighted by Crippen LogP contribution is 2.11. The summed E-state index contributed by atoms with van der Waals surface area (Å²) in [6.45, 7) is 10.0. The molecule has 0 saturated carbocycles. The van der Waals surface area contributed by atoms with Crippen LogP contribution in [-0.2, 0) is 9.59 Å². The number of piperidine rings is 1. The molecule has 0 bridgehead atoms. The Bertz CT molecular complexity index is 315. The Kier molecular flexibility index (Phi) is 5.79. The number of hydrogen-bond donors (Lipinski definition) is 2. The van der Waals surface area contributed by atoms with Gasteiger partial charge in [0.05, 0.1) is 0 Å². The molecule has 0 atom stereocenters. The molecule has 5 heteroatoms.